The fourth-order valence-electron chi connectivity index (χ4n) is 1.65. The topological polar surface area (TPSA) is 47.8 Å². The molecule has 3 aromatic rings. The van der Waals surface area contributed by atoms with Gasteiger partial charge in [-0.1, -0.05) is 0 Å². The van der Waals surface area contributed by atoms with E-state index in [-0.39, 0.29) is 5.56 Å². The van der Waals surface area contributed by atoms with E-state index >= 15 is 0 Å². The Bertz CT molecular complexity index is 731. The molecule has 0 radical (unpaired) electrons. The lowest BCUT2D eigenvalue weighted by atomic mass is 10.2. The van der Waals surface area contributed by atoms with Crippen LogP contribution in [-0.4, -0.2) is 14.5 Å². The van der Waals surface area contributed by atoms with Gasteiger partial charge in [-0.15, -0.1) is 0 Å². The van der Waals surface area contributed by atoms with Crippen molar-refractivity contribution in [2.45, 2.75) is 0 Å². The molecule has 3 rings (SSSR count). The van der Waals surface area contributed by atoms with E-state index in [1.54, 1.807) is 18.4 Å². The fraction of sp³-hybridized carbons (Fsp3) is 0.0833. The van der Waals surface area contributed by atoms with Crippen LogP contribution in [0.4, 0.5) is 0 Å². The molecule has 0 aliphatic carbocycles. The fourth-order valence-corrected chi connectivity index (χ4v) is 2.30. The molecular weight excluding hydrogens is 234 g/mol. The number of aromatic nitrogens is 3. The molecule has 17 heavy (non-hydrogen) atoms. The van der Waals surface area contributed by atoms with Crippen LogP contribution in [0.15, 0.2) is 40.1 Å². The standard InChI is InChI=1S/C12H9N3OS/c1-15-7-13-10-3-2-9(8-4-5-17-6-8)14-11(10)12(15)16/h2-7H,1H3. The minimum Gasteiger partial charge on any atom is -0.301 e. The largest absolute Gasteiger partial charge is 0.301 e. The van der Waals surface area contributed by atoms with E-state index in [9.17, 15) is 4.79 Å². The first-order valence-corrected chi connectivity index (χ1v) is 6.05. The Morgan fingerprint density at radius 2 is 2.18 bits per heavy atom. The zero-order valence-electron chi connectivity index (χ0n) is 9.12. The number of hydrogen-bond acceptors (Lipinski definition) is 4. The molecule has 0 spiro atoms. The van der Waals surface area contributed by atoms with Gasteiger partial charge < -0.3 is 4.57 Å². The van der Waals surface area contributed by atoms with E-state index in [1.165, 1.54) is 10.9 Å². The predicted octanol–water partition coefficient (Wildman–Crippen LogP) is 2.06. The number of aryl methyl sites for hydroxylation is 1. The summed E-state index contributed by atoms with van der Waals surface area (Å²) in [6.07, 6.45) is 1.51. The van der Waals surface area contributed by atoms with E-state index in [1.807, 2.05) is 29.0 Å². The maximum absolute atomic E-state index is 11.9. The van der Waals surface area contributed by atoms with Crippen molar-refractivity contribution in [2.75, 3.05) is 0 Å². The van der Waals surface area contributed by atoms with Crippen LogP contribution in [0, 0.1) is 0 Å². The number of rotatable bonds is 1. The lowest BCUT2D eigenvalue weighted by Crippen LogP contribution is -2.18. The van der Waals surface area contributed by atoms with Crippen molar-refractivity contribution in [2.24, 2.45) is 7.05 Å². The molecule has 0 fully saturated rings. The highest BCUT2D eigenvalue weighted by molar-refractivity contribution is 7.08. The Balaban J connectivity index is 2.32. The van der Waals surface area contributed by atoms with E-state index in [4.69, 9.17) is 0 Å². The minimum atomic E-state index is -0.118. The van der Waals surface area contributed by atoms with Crippen molar-refractivity contribution in [3.63, 3.8) is 0 Å². The zero-order chi connectivity index (χ0) is 11.8. The second kappa shape index (κ2) is 3.78. The van der Waals surface area contributed by atoms with E-state index in [0.717, 1.165) is 11.3 Å². The van der Waals surface area contributed by atoms with Gasteiger partial charge in [0.05, 0.1) is 17.5 Å². The van der Waals surface area contributed by atoms with E-state index in [0.29, 0.717) is 11.0 Å². The Labute approximate surface area is 101 Å². The summed E-state index contributed by atoms with van der Waals surface area (Å²) >= 11 is 1.61. The normalized spacial score (nSPS) is 10.9. The number of hydrogen-bond donors (Lipinski definition) is 0. The van der Waals surface area contributed by atoms with Crippen molar-refractivity contribution >= 4 is 22.4 Å². The summed E-state index contributed by atoms with van der Waals surface area (Å²) in [4.78, 5) is 20.5. The van der Waals surface area contributed by atoms with Crippen LogP contribution < -0.4 is 5.56 Å². The first kappa shape index (κ1) is 10.2. The summed E-state index contributed by atoms with van der Waals surface area (Å²) in [6, 6.07) is 5.70. The van der Waals surface area contributed by atoms with Gasteiger partial charge in [0.1, 0.15) is 0 Å². The highest BCUT2D eigenvalue weighted by atomic mass is 32.1. The molecule has 0 aliphatic heterocycles. The molecule has 0 amide bonds. The van der Waals surface area contributed by atoms with Gasteiger partial charge in [0.2, 0.25) is 0 Å². The van der Waals surface area contributed by atoms with Gasteiger partial charge in [-0.25, -0.2) is 9.97 Å². The Morgan fingerprint density at radius 1 is 1.29 bits per heavy atom. The van der Waals surface area contributed by atoms with Crippen molar-refractivity contribution in [1.29, 1.82) is 0 Å². The smallest absolute Gasteiger partial charge is 0.279 e. The summed E-state index contributed by atoms with van der Waals surface area (Å²) < 4.78 is 1.44. The number of nitrogens with zero attached hydrogens (tertiary/aromatic N) is 3. The lowest BCUT2D eigenvalue weighted by molar-refractivity contribution is 0.839. The molecule has 0 unspecified atom stereocenters. The van der Waals surface area contributed by atoms with Crippen LogP contribution in [0.1, 0.15) is 0 Å². The van der Waals surface area contributed by atoms with Crippen LogP contribution in [0.3, 0.4) is 0 Å². The summed E-state index contributed by atoms with van der Waals surface area (Å²) in [5.41, 5.74) is 2.77. The minimum absolute atomic E-state index is 0.118. The average Bonchev–Trinajstić information content (AvgIpc) is 2.87. The molecule has 3 heterocycles. The molecular formula is C12H9N3OS. The summed E-state index contributed by atoms with van der Waals surface area (Å²) in [7, 11) is 1.67. The highest BCUT2D eigenvalue weighted by Crippen LogP contribution is 2.20. The Morgan fingerprint density at radius 3 is 2.94 bits per heavy atom. The molecule has 84 valence electrons. The van der Waals surface area contributed by atoms with Crippen LogP contribution in [0.2, 0.25) is 0 Å². The Kier molecular flexibility index (Phi) is 2.26. The van der Waals surface area contributed by atoms with Crippen molar-refractivity contribution in [3.05, 3.63) is 45.6 Å². The van der Waals surface area contributed by atoms with Gasteiger partial charge in [-0.3, -0.25) is 4.79 Å². The van der Waals surface area contributed by atoms with Gasteiger partial charge in [-0.2, -0.15) is 11.3 Å². The molecule has 4 nitrogen and oxygen atoms in total. The molecule has 0 aromatic carbocycles. The van der Waals surface area contributed by atoms with Crippen molar-refractivity contribution in [3.8, 4) is 11.3 Å². The SMILES string of the molecule is Cn1cnc2ccc(-c3ccsc3)nc2c1=O. The summed E-state index contributed by atoms with van der Waals surface area (Å²) in [5, 5.41) is 4.00. The summed E-state index contributed by atoms with van der Waals surface area (Å²) in [6.45, 7) is 0. The van der Waals surface area contributed by atoms with Gasteiger partial charge in [0, 0.05) is 18.0 Å². The van der Waals surface area contributed by atoms with Crippen molar-refractivity contribution in [1.82, 2.24) is 14.5 Å². The third-order valence-corrected chi connectivity index (χ3v) is 3.27. The molecule has 0 saturated heterocycles. The van der Waals surface area contributed by atoms with Gasteiger partial charge >= 0.3 is 0 Å². The molecule has 0 N–H and O–H groups in total. The van der Waals surface area contributed by atoms with Crippen LogP contribution in [-0.2, 0) is 7.05 Å². The van der Waals surface area contributed by atoms with Gasteiger partial charge in [-0.05, 0) is 23.6 Å². The van der Waals surface area contributed by atoms with Gasteiger partial charge in [0.15, 0.2) is 5.52 Å². The molecule has 0 aliphatic rings. The van der Waals surface area contributed by atoms with Crippen LogP contribution in [0.25, 0.3) is 22.3 Å². The average molecular weight is 243 g/mol. The third-order valence-electron chi connectivity index (χ3n) is 2.58. The maximum Gasteiger partial charge on any atom is 0.279 e. The highest BCUT2D eigenvalue weighted by Gasteiger charge is 2.06. The quantitative estimate of drug-likeness (QED) is 0.657. The molecule has 5 heteroatoms. The van der Waals surface area contributed by atoms with Gasteiger partial charge in [0.25, 0.3) is 5.56 Å². The third kappa shape index (κ3) is 1.64. The van der Waals surface area contributed by atoms with Crippen LogP contribution >= 0.6 is 11.3 Å². The first-order valence-electron chi connectivity index (χ1n) is 5.10. The predicted molar refractivity (Wildman–Crippen MR) is 68.1 cm³/mol. The maximum atomic E-state index is 11.9. The zero-order valence-corrected chi connectivity index (χ0v) is 9.94. The number of fused-ring (bicyclic) bond motifs is 1. The lowest BCUT2D eigenvalue weighted by Gasteiger charge is -2.01. The molecule has 0 bridgehead atoms. The summed E-state index contributed by atoms with van der Waals surface area (Å²) in [5.74, 6) is 0. The molecule has 3 aromatic heterocycles. The van der Waals surface area contributed by atoms with E-state index in [2.05, 4.69) is 9.97 Å². The van der Waals surface area contributed by atoms with Crippen molar-refractivity contribution < 1.29 is 0 Å². The van der Waals surface area contributed by atoms with E-state index < -0.39 is 0 Å². The second-order valence-corrected chi connectivity index (χ2v) is 4.52. The van der Waals surface area contributed by atoms with Crippen LogP contribution in [0.5, 0.6) is 0 Å². The number of thiophene rings is 1. The first-order chi connectivity index (χ1) is 8.25. The second-order valence-electron chi connectivity index (χ2n) is 3.74. The Hall–Kier alpha value is -2.01. The monoisotopic (exact) mass is 243 g/mol. The molecule has 0 atom stereocenters. The molecule has 0 saturated carbocycles. The number of pyridine rings is 1.